The van der Waals surface area contributed by atoms with Gasteiger partial charge >= 0.3 is 0 Å². The molecule has 1 aliphatic rings. The number of amides is 1. The van der Waals surface area contributed by atoms with E-state index >= 15 is 0 Å². The number of likely N-dealkylation sites (tertiary alicyclic amines) is 1. The number of rotatable bonds is 1. The number of hydrogen-bond donors (Lipinski definition) is 1. The number of H-pyrrole nitrogens is 1. The predicted molar refractivity (Wildman–Crippen MR) is 44.1 cm³/mol. The quantitative estimate of drug-likeness (QED) is 0.733. The maximum atomic E-state index is 12.8. The molecular weight excluding hydrogens is 192 g/mol. The van der Waals surface area contributed by atoms with Gasteiger partial charge in [0.1, 0.15) is 5.69 Å². The Kier molecular flexibility index (Phi) is 1.98. The van der Waals surface area contributed by atoms with Gasteiger partial charge in [-0.2, -0.15) is 5.10 Å². The lowest BCUT2D eigenvalue weighted by Crippen LogP contribution is -2.31. The highest BCUT2D eigenvalue weighted by atomic mass is 19.3. The fourth-order valence-corrected chi connectivity index (χ4v) is 1.45. The summed E-state index contributed by atoms with van der Waals surface area (Å²) in [6, 6.07) is 1.47. The first kappa shape index (κ1) is 9.11. The van der Waals surface area contributed by atoms with Gasteiger partial charge < -0.3 is 4.90 Å². The van der Waals surface area contributed by atoms with Crippen LogP contribution in [0, 0.1) is 0 Å². The van der Waals surface area contributed by atoms with Crippen LogP contribution in [-0.4, -0.2) is 40.0 Å². The lowest BCUT2D eigenvalue weighted by Gasteiger charge is -2.14. The van der Waals surface area contributed by atoms with Crippen molar-refractivity contribution in [2.45, 2.75) is 12.3 Å². The van der Waals surface area contributed by atoms with Crippen LogP contribution in [0.3, 0.4) is 0 Å². The van der Waals surface area contributed by atoms with Gasteiger partial charge in [-0.3, -0.25) is 9.89 Å². The van der Waals surface area contributed by atoms with Gasteiger partial charge in [0.2, 0.25) is 0 Å². The third kappa shape index (κ3) is 1.59. The first-order valence-corrected chi connectivity index (χ1v) is 4.25. The van der Waals surface area contributed by atoms with E-state index in [1.54, 1.807) is 0 Å². The summed E-state index contributed by atoms with van der Waals surface area (Å²) in [7, 11) is 0. The molecule has 1 saturated heterocycles. The van der Waals surface area contributed by atoms with E-state index in [4.69, 9.17) is 0 Å². The topological polar surface area (TPSA) is 49.0 Å². The van der Waals surface area contributed by atoms with Gasteiger partial charge in [-0.05, 0) is 6.07 Å². The monoisotopic (exact) mass is 201 g/mol. The van der Waals surface area contributed by atoms with E-state index in [-0.39, 0.29) is 18.7 Å². The summed E-state index contributed by atoms with van der Waals surface area (Å²) in [5.41, 5.74) is 0.253. The van der Waals surface area contributed by atoms with Crippen LogP contribution < -0.4 is 0 Å². The molecule has 4 nitrogen and oxygen atoms in total. The zero-order valence-corrected chi connectivity index (χ0v) is 7.33. The normalized spacial score (nSPS) is 20.0. The molecule has 0 atom stereocenters. The zero-order valence-electron chi connectivity index (χ0n) is 7.33. The lowest BCUT2D eigenvalue weighted by atomic mass is 10.3. The predicted octanol–water partition coefficient (Wildman–Crippen LogP) is 0.891. The van der Waals surface area contributed by atoms with E-state index in [0.717, 1.165) is 4.90 Å². The minimum absolute atomic E-state index is 0.102. The van der Waals surface area contributed by atoms with E-state index in [2.05, 4.69) is 10.2 Å². The van der Waals surface area contributed by atoms with E-state index in [9.17, 15) is 13.6 Å². The molecule has 76 valence electrons. The third-order valence-corrected chi connectivity index (χ3v) is 2.19. The van der Waals surface area contributed by atoms with Crippen molar-refractivity contribution >= 4 is 5.91 Å². The van der Waals surface area contributed by atoms with E-state index in [0.29, 0.717) is 0 Å². The number of carbonyl (C=O) groups excluding carboxylic acids is 1. The van der Waals surface area contributed by atoms with Crippen molar-refractivity contribution in [3.8, 4) is 0 Å². The van der Waals surface area contributed by atoms with Crippen molar-refractivity contribution in [2.75, 3.05) is 13.1 Å². The molecule has 2 heterocycles. The average molecular weight is 201 g/mol. The van der Waals surface area contributed by atoms with Gasteiger partial charge in [0.25, 0.3) is 11.8 Å². The van der Waals surface area contributed by atoms with Crippen LogP contribution in [0.15, 0.2) is 12.3 Å². The van der Waals surface area contributed by atoms with Crippen molar-refractivity contribution in [3.63, 3.8) is 0 Å². The minimum Gasteiger partial charge on any atom is -0.331 e. The Morgan fingerprint density at radius 1 is 1.64 bits per heavy atom. The summed E-state index contributed by atoms with van der Waals surface area (Å²) in [4.78, 5) is 12.6. The van der Waals surface area contributed by atoms with Crippen molar-refractivity contribution in [1.29, 1.82) is 0 Å². The Balaban J connectivity index is 2.08. The molecule has 2 rings (SSSR count). The maximum absolute atomic E-state index is 12.8. The summed E-state index contributed by atoms with van der Waals surface area (Å²) in [5, 5.41) is 6.05. The standard InChI is InChI=1S/C8H9F2N3O/c9-8(10)2-4-13(5-8)7(14)6-1-3-11-12-6/h1,3H,2,4-5H2,(H,11,12). The van der Waals surface area contributed by atoms with Gasteiger partial charge in [0, 0.05) is 19.2 Å². The van der Waals surface area contributed by atoms with Crippen LogP contribution in [0.4, 0.5) is 8.78 Å². The van der Waals surface area contributed by atoms with E-state index in [1.807, 2.05) is 0 Å². The largest absolute Gasteiger partial charge is 0.331 e. The van der Waals surface area contributed by atoms with Gasteiger partial charge in [-0.15, -0.1) is 0 Å². The van der Waals surface area contributed by atoms with Crippen molar-refractivity contribution in [3.05, 3.63) is 18.0 Å². The van der Waals surface area contributed by atoms with Crippen molar-refractivity contribution in [2.24, 2.45) is 0 Å². The SMILES string of the molecule is O=C(c1ccn[nH]1)N1CCC(F)(F)C1. The minimum atomic E-state index is -2.74. The van der Waals surface area contributed by atoms with Crippen LogP contribution in [0.1, 0.15) is 16.9 Å². The summed E-state index contributed by atoms with van der Waals surface area (Å²) in [6.07, 6.45) is 1.16. The first-order chi connectivity index (χ1) is 6.58. The molecule has 1 aliphatic heterocycles. The van der Waals surface area contributed by atoms with E-state index < -0.39 is 18.4 Å². The van der Waals surface area contributed by atoms with Crippen LogP contribution >= 0.6 is 0 Å². The van der Waals surface area contributed by atoms with Crippen LogP contribution in [0.25, 0.3) is 0 Å². The Hall–Kier alpha value is -1.46. The number of carbonyl (C=O) groups is 1. The molecular formula is C8H9F2N3O. The fraction of sp³-hybridized carbons (Fsp3) is 0.500. The average Bonchev–Trinajstić information content (AvgIpc) is 2.72. The number of nitrogens with zero attached hydrogens (tertiary/aromatic N) is 2. The highest BCUT2D eigenvalue weighted by Gasteiger charge is 2.40. The molecule has 1 N–H and O–H groups in total. The van der Waals surface area contributed by atoms with Gasteiger partial charge in [0.05, 0.1) is 6.54 Å². The Morgan fingerprint density at radius 2 is 2.43 bits per heavy atom. The number of halogens is 2. The van der Waals surface area contributed by atoms with Crippen molar-refractivity contribution < 1.29 is 13.6 Å². The zero-order chi connectivity index (χ0) is 10.2. The fourth-order valence-electron chi connectivity index (χ4n) is 1.45. The second-order valence-electron chi connectivity index (χ2n) is 3.30. The van der Waals surface area contributed by atoms with E-state index in [1.165, 1.54) is 12.3 Å². The second kappa shape index (κ2) is 3.04. The summed E-state index contributed by atoms with van der Waals surface area (Å²) >= 11 is 0. The number of aromatic amines is 1. The third-order valence-electron chi connectivity index (χ3n) is 2.19. The van der Waals surface area contributed by atoms with Gasteiger partial charge in [-0.1, -0.05) is 0 Å². The molecule has 0 radical (unpaired) electrons. The molecule has 0 unspecified atom stereocenters. The molecule has 6 heteroatoms. The first-order valence-electron chi connectivity index (χ1n) is 4.25. The molecule has 0 saturated carbocycles. The molecule has 1 aromatic rings. The summed E-state index contributed by atoms with van der Waals surface area (Å²) < 4.78 is 25.6. The number of aromatic nitrogens is 2. The maximum Gasteiger partial charge on any atom is 0.272 e. The van der Waals surface area contributed by atoms with Crippen LogP contribution in [0.2, 0.25) is 0 Å². The molecule has 0 spiro atoms. The number of hydrogen-bond acceptors (Lipinski definition) is 2. The summed E-state index contributed by atoms with van der Waals surface area (Å²) in [5.74, 6) is -3.16. The molecule has 1 amide bonds. The molecule has 0 bridgehead atoms. The highest BCUT2D eigenvalue weighted by molar-refractivity contribution is 5.92. The molecule has 14 heavy (non-hydrogen) atoms. The second-order valence-corrected chi connectivity index (χ2v) is 3.30. The number of nitrogens with one attached hydrogen (secondary N) is 1. The summed E-state index contributed by atoms with van der Waals surface area (Å²) in [6.45, 7) is -0.393. The molecule has 1 fully saturated rings. The van der Waals surface area contributed by atoms with Gasteiger partial charge in [0.15, 0.2) is 0 Å². The van der Waals surface area contributed by atoms with Crippen LogP contribution in [0.5, 0.6) is 0 Å². The Morgan fingerprint density at radius 3 is 2.93 bits per heavy atom. The number of alkyl halides is 2. The molecule has 0 aliphatic carbocycles. The Bertz CT molecular complexity index is 336. The van der Waals surface area contributed by atoms with Crippen LogP contribution in [-0.2, 0) is 0 Å². The Labute approximate surface area is 78.9 Å². The van der Waals surface area contributed by atoms with Gasteiger partial charge in [-0.25, -0.2) is 8.78 Å². The molecule has 1 aromatic heterocycles. The lowest BCUT2D eigenvalue weighted by molar-refractivity contribution is 0.0119. The highest BCUT2D eigenvalue weighted by Crippen LogP contribution is 2.27. The smallest absolute Gasteiger partial charge is 0.272 e. The molecule has 0 aromatic carbocycles. The van der Waals surface area contributed by atoms with Crippen molar-refractivity contribution in [1.82, 2.24) is 15.1 Å².